The molecule has 0 atom stereocenters. The molecule has 140 valence electrons. The number of hydrogen-bond acceptors (Lipinski definition) is 5. The van der Waals surface area contributed by atoms with E-state index in [1.807, 2.05) is 0 Å². The third-order valence-electron chi connectivity index (χ3n) is 3.77. The number of amides is 4. The first-order chi connectivity index (χ1) is 12.0. The number of hydrazone groups is 1. The van der Waals surface area contributed by atoms with Gasteiger partial charge < -0.3 is 10.4 Å². The molecule has 0 spiro atoms. The van der Waals surface area contributed by atoms with Crippen molar-refractivity contribution in [3.63, 3.8) is 0 Å². The molecule has 1 saturated heterocycles. The average Bonchev–Trinajstić information content (AvgIpc) is 2.74. The molecule has 0 aliphatic carbocycles. The minimum absolute atomic E-state index is 0.0644. The van der Waals surface area contributed by atoms with E-state index in [2.05, 4.69) is 15.8 Å². The number of carbonyl (C=O) groups is 3. The first kappa shape index (κ1) is 20.0. The second-order valence-electron chi connectivity index (χ2n) is 6.28. The molecular formula is C16H18Cl2N4O4. The normalized spacial score (nSPS) is 16.7. The standard InChI is InChI=1S/C16H18Cl2N4O4/c1-8(10-6-9(17)7-11(18)13(10)24)20-21-12(23)4-5-22-14(25)16(2,3)19-15(22)26/h6-7,24H,4-5H2,1-3H3,(H,19,26)(H,21,23)/b20-8+. The van der Waals surface area contributed by atoms with Crippen molar-refractivity contribution in [1.29, 1.82) is 0 Å². The van der Waals surface area contributed by atoms with Crippen LogP contribution in [0.15, 0.2) is 17.2 Å². The quantitative estimate of drug-likeness (QED) is 0.399. The maximum absolute atomic E-state index is 12.0. The van der Waals surface area contributed by atoms with Crippen molar-refractivity contribution in [3.8, 4) is 5.75 Å². The van der Waals surface area contributed by atoms with Gasteiger partial charge in [-0.2, -0.15) is 5.10 Å². The Morgan fingerprint density at radius 2 is 2.00 bits per heavy atom. The van der Waals surface area contributed by atoms with E-state index in [-0.39, 0.29) is 35.0 Å². The topological polar surface area (TPSA) is 111 Å². The maximum atomic E-state index is 12.0. The molecule has 2 rings (SSSR count). The van der Waals surface area contributed by atoms with Crippen molar-refractivity contribution >= 4 is 46.8 Å². The van der Waals surface area contributed by atoms with Crippen LogP contribution in [0.4, 0.5) is 4.79 Å². The van der Waals surface area contributed by atoms with Crippen molar-refractivity contribution < 1.29 is 19.5 Å². The summed E-state index contributed by atoms with van der Waals surface area (Å²) in [6, 6.07) is 2.31. The number of phenolic OH excluding ortho intramolecular Hbond substituents is 1. The number of nitrogens with zero attached hydrogens (tertiary/aromatic N) is 2. The lowest BCUT2D eigenvalue weighted by molar-refractivity contribution is -0.130. The summed E-state index contributed by atoms with van der Waals surface area (Å²) in [6.45, 7) is 4.66. The van der Waals surface area contributed by atoms with Crippen LogP contribution < -0.4 is 10.7 Å². The fraction of sp³-hybridized carbons (Fsp3) is 0.375. The van der Waals surface area contributed by atoms with Gasteiger partial charge in [-0.05, 0) is 32.9 Å². The van der Waals surface area contributed by atoms with E-state index in [1.54, 1.807) is 20.8 Å². The Hall–Kier alpha value is -2.32. The highest BCUT2D eigenvalue weighted by atomic mass is 35.5. The van der Waals surface area contributed by atoms with Gasteiger partial charge in [0.05, 0.1) is 10.7 Å². The number of nitrogens with one attached hydrogen (secondary N) is 2. The zero-order chi connectivity index (χ0) is 19.6. The fourth-order valence-electron chi connectivity index (χ4n) is 2.34. The molecule has 0 aromatic heterocycles. The van der Waals surface area contributed by atoms with Gasteiger partial charge in [0.15, 0.2) is 0 Å². The Kier molecular flexibility index (Phi) is 5.77. The van der Waals surface area contributed by atoms with Crippen molar-refractivity contribution in [3.05, 3.63) is 27.7 Å². The van der Waals surface area contributed by atoms with Gasteiger partial charge in [0.25, 0.3) is 5.91 Å². The van der Waals surface area contributed by atoms with Gasteiger partial charge in [-0.1, -0.05) is 23.2 Å². The van der Waals surface area contributed by atoms with Crippen LogP contribution in [-0.2, 0) is 9.59 Å². The fourth-order valence-corrected chi connectivity index (χ4v) is 2.83. The number of imide groups is 1. The Bertz CT molecular complexity index is 808. The van der Waals surface area contributed by atoms with Crippen LogP contribution >= 0.6 is 23.2 Å². The SMILES string of the molecule is C/C(=N\NC(=O)CCN1C(=O)NC(C)(C)C1=O)c1cc(Cl)cc(Cl)c1O. The highest BCUT2D eigenvalue weighted by Crippen LogP contribution is 2.31. The Morgan fingerprint density at radius 3 is 2.58 bits per heavy atom. The number of rotatable bonds is 5. The minimum atomic E-state index is -0.980. The third kappa shape index (κ3) is 4.25. The zero-order valence-corrected chi connectivity index (χ0v) is 15.9. The molecule has 1 aliphatic rings. The molecule has 4 amide bonds. The summed E-state index contributed by atoms with van der Waals surface area (Å²) in [5, 5.41) is 16.7. The highest BCUT2D eigenvalue weighted by molar-refractivity contribution is 6.36. The van der Waals surface area contributed by atoms with Gasteiger partial charge >= 0.3 is 6.03 Å². The van der Waals surface area contributed by atoms with Crippen LogP contribution in [0, 0.1) is 0 Å². The average molecular weight is 401 g/mol. The molecule has 1 aliphatic heterocycles. The van der Waals surface area contributed by atoms with Gasteiger partial charge in [-0.15, -0.1) is 0 Å². The molecule has 0 unspecified atom stereocenters. The largest absolute Gasteiger partial charge is 0.506 e. The number of benzene rings is 1. The molecule has 0 bridgehead atoms. The van der Waals surface area contributed by atoms with Crippen molar-refractivity contribution in [1.82, 2.24) is 15.6 Å². The highest BCUT2D eigenvalue weighted by Gasteiger charge is 2.43. The van der Waals surface area contributed by atoms with Crippen LogP contribution in [0.1, 0.15) is 32.8 Å². The number of aromatic hydroxyl groups is 1. The lowest BCUT2D eigenvalue weighted by atomic mass is 10.1. The molecular weight excluding hydrogens is 383 g/mol. The van der Waals surface area contributed by atoms with Crippen LogP contribution in [0.25, 0.3) is 0 Å². The molecule has 1 fully saturated rings. The lowest BCUT2D eigenvalue weighted by Crippen LogP contribution is -2.40. The first-order valence-electron chi connectivity index (χ1n) is 7.68. The molecule has 3 N–H and O–H groups in total. The summed E-state index contributed by atoms with van der Waals surface area (Å²) in [4.78, 5) is 36.7. The summed E-state index contributed by atoms with van der Waals surface area (Å²) in [5.74, 6) is -1.09. The number of urea groups is 1. The molecule has 26 heavy (non-hydrogen) atoms. The molecule has 0 saturated carbocycles. The predicted molar refractivity (Wildman–Crippen MR) is 97.4 cm³/mol. The second kappa shape index (κ2) is 7.51. The smallest absolute Gasteiger partial charge is 0.325 e. The second-order valence-corrected chi connectivity index (χ2v) is 7.12. The predicted octanol–water partition coefficient (Wildman–Crippen LogP) is 2.26. The van der Waals surface area contributed by atoms with E-state index in [9.17, 15) is 19.5 Å². The number of hydrogen-bond donors (Lipinski definition) is 3. The van der Waals surface area contributed by atoms with E-state index >= 15 is 0 Å². The first-order valence-corrected chi connectivity index (χ1v) is 8.44. The van der Waals surface area contributed by atoms with Gasteiger partial charge in [0, 0.05) is 23.6 Å². The maximum Gasteiger partial charge on any atom is 0.325 e. The summed E-state index contributed by atoms with van der Waals surface area (Å²) >= 11 is 11.7. The third-order valence-corrected chi connectivity index (χ3v) is 4.28. The number of halogens is 2. The van der Waals surface area contributed by atoms with Crippen molar-refractivity contribution in [2.45, 2.75) is 32.7 Å². The van der Waals surface area contributed by atoms with Gasteiger partial charge in [0.1, 0.15) is 11.3 Å². The summed E-state index contributed by atoms with van der Waals surface area (Å²) in [6.07, 6.45) is -0.117. The molecule has 1 heterocycles. The lowest BCUT2D eigenvalue weighted by Gasteiger charge is -2.15. The van der Waals surface area contributed by atoms with E-state index in [0.29, 0.717) is 5.02 Å². The monoisotopic (exact) mass is 400 g/mol. The van der Waals surface area contributed by atoms with Crippen LogP contribution in [-0.4, -0.2) is 45.6 Å². The summed E-state index contributed by atoms with van der Waals surface area (Å²) < 4.78 is 0. The van der Waals surface area contributed by atoms with Gasteiger partial charge in [0.2, 0.25) is 5.91 Å². The summed E-state index contributed by atoms with van der Waals surface area (Å²) in [7, 11) is 0. The van der Waals surface area contributed by atoms with Gasteiger partial charge in [-0.3, -0.25) is 14.5 Å². The Balaban J connectivity index is 1.98. The summed E-state index contributed by atoms with van der Waals surface area (Å²) in [5.41, 5.74) is 1.89. The molecule has 8 nitrogen and oxygen atoms in total. The number of carbonyl (C=O) groups excluding carboxylic acids is 3. The Labute approximate surface area is 160 Å². The van der Waals surface area contributed by atoms with Crippen LogP contribution in [0.3, 0.4) is 0 Å². The minimum Gasteiger partial charge on any atom is -0.506 e. The molecule has 1 aromatic carbocycles. The molecule has 1 aromatic rings. The zero-order valence-electron chi connectivity index (χ0n) is 14.4. The van der Waals surface area contributed by atoms with E-state index in [0.717, 1.165) is 4.90 Å². The molecule has 10 heteroatoms. The van der Waals surface area contributed by atoms with Gasteiger partial charge in [-0.25, -0.2) is 10.2 Å². The van der Waals surface area contributed by atoms with Crippen molar-refractivity contribution in [2.24, 2.45) is 5.10 Å². The van der Waals surface area contributed by atoms with E-state index in [4.69, 9.17) is 23.2 Å². The van der Waals surface area contributed by atoms with Crippen LogP contribution in [0.5, 0.6) is 5.75 Å². The Morgan fingerprint density at radius 1 is 1.35 bits per heavy atom. The molecule has 0 radical (unpaired) electrons. The van der Waals surface area contributed by atoms with Crippen molar-refractivity contribution in [2.75, 3.05) is 6.54 Å². The van der Waals surface area contributed by atoms with E-state index < -0.39 is 23.4 Å². The number of phenols is 1. The van der Waals surface area contributed by atoms with E-state index in [1.165, 1.54) is 12.1 Å². The van der Waals surface area contributed by atoms with Crippen LogP contribution in [0.2, 0.25) is 10.0 Å².